The van der Waals surface area contributed by atoms with Gasteiger partial charge in [-0.05, 0) is 33.5 Å². The summed E-state index contributed by atoms with van der Waals surface area (Å²) < 4.78 is 0. The largest absolute Gasteiger partial charge is 0.481 e. The molecule has 6 heteroatoms. The van der Waals surface area contributed by atoms with Crippen LogP contribution in [0.15, 0.2) is 12.2 Å². The van der Waals surface area contributed by atoms with Gasteiger partial charge in [0.1, 0.15) is 5.41 Å². The Morgan fingerprint density at radius 2 is 1.03 bits per heavy atom. The van der Waals surface area contributed by atoms with E-state index in [0.29, 0.717) is 26.2 Å². The quantitative estimate of drug-likeness (QED) is 0.521. The number of carboxylic acid groups (broad SMARTS) is 2. The van der Waals surface area contributed by atoms with E-state index < -0.39 is 50.8 Å². The monoisotopic (exact) mass is 408 g/mol. The molecule has 6 nitrogen and oxygen atoms in total. The van der Waals surface area contributed by atoms with Crippen molar-refractivity contribution in [1.29, 1.82) is 0 Å². The molecule has 2 saturated heterocycles. The highest BCUT2D eigenvalue weighted by Crippen LogP contribution is 2.65. The fraction of sp³-hybridized carbons (Fsp3) is 0.826. The molecule has 0 unspecified atom stereocenters. The van der Waals surface area contributed by atoms with Crippen LogP contribution in [0.3, 0.4) is 0 Å². The number of piperidine rings is 2. The fourth-order valence-electron chi connectivity index (χ4n) is 7.47. The van der Waals surface area contributed by atoms with Crippen molar-refractivity contribution >= 4 is 11.9 Å². The maximum atomic E-state index is 13.4. The van der Waals surface area contributed by atoms with Crippen LogP contribution in [0.2, 0.25) is 0 Å². The number of hydrogen-bond acceptors (Lipinski definition) is 4. The van der Waals surface area contributed by atoms with Gasteiger partial charge in [-0.3, -0.25) is 4.79 Å². The Morgan fingerprint density at radius 1 is 0.759 bits per heavy atom. The van der Waals surface area contributed by atoms with Gasteiger partial charge in [0.2, 0.25) is 0 Å². The minimum atomic E-state index is -1.60. The van der Waals surface area contributed by atoms with Crippen molar-refractivity contribution in [3.8, 4) is 0 Å². The fourth-order valence-corrected chi connectivity index (χ4v) is 7.47. The third-order valence-electron chi connectivity index (χ3n) is 7.47. The van der Waals surface area contributed by atoms with Crippen LogP contribution in [0.25, 0.3) is 0 Å². The minimum absolute atomic E-state index is 0.189. The molecule has 0 aliphatic carbocycles. The lowest BCUT2D eigenvalue weighted by Gasteiger charge is -2.64. The number of carboxylic acids is 2. The molecule has 2 aliphatic heterocycles. The van der Waals surface area contributed by atoms with Crippen LogP contribution in [-0.2, 0) is 9.59 Å². The molecule has 2 fully saturated rings. The number of rotatable bonds is 5. The second kappa shape index (κ2) is 7.09. The van der Waals surface area contributed by atoms with Crippen LogP contribution < -0.4 is 10.6 Å². The molecule has 0 bridgehead atoms. The second-order valence-corrected chi connectivity index (χ2v) is 12.0. The highest BCUT2D eigenvalue weighted by molar-refractivity contribution is 5.97. The first-order valence-corrected chi connectivity index (χ1v) is 10.5. The lowest BCUT2D eigenvalue weighted by molar-refractivity contribution is -0.191. The standard InChI is InChI=1S/C23H40N2O4/c1-14(15(26)27)23(18(28)29,16-19(2,3)10-24-11-20(16,4)5)17-21(6,7)12-25-13-22(17,8)9/h16-17,24-25H,1,10-13H2,2-9H3,(H,26,27)(H,28,29). The third-order valence-corrected chi connectivity index (χ3v) is 7.47. The van der Waals surface area contributed by atoms with Crippen LogP contribution in [0.5, 0.6) is 0 Å². The summed E-state index contributed by atoms with van der Waals surface area (Å²) >= 11 is 0. The Labute approximate surface area is 175 Å². The lowest BCUT2D eigenvalue weighted by Crippen LogP contribution is -2.70. The molecule has 2 rings (SSSR count). The molecule has 0 aromatic carbocycles. The Kier molecular flexibility index (Phi) is 5.83. The van der Waals surface area contributed by atoms with E-state index in [9.17, 15) is 19.8 Å². The van der Waals surface area contributed by atoms with Gasteiger partial charge in [-0.1, -0.05) is 62.0 Å². The van der Waals surface area contributed by atoms with Gasteiger partial charge in [-0.2, -0.15) is 0 Å². The number of aliphatic carboxylic acids is 2. The van der Waals surface area contributed by atoms with E-state index in [1.165, 1.54) is 0 Å². The normalized spacial score (nSPS) is 26.6. The number of nitrogens with one attached hydrogen (secondary N) is 2. The molecule has 0 saturated carbocycles. The van der Waals surface area contributed by atoms with Crippen LogP contribution >= 0.6 is 0 Å². The summed E-state index contributed by atoms with van der Waals surface area (Å²) in [6, 6.07) is 0. The summed E-state index contributed by atoms with van der Waals surface area (Å²) in [6.45, 7) is 22.9. The first kappa shape index (κ1) is 23.9. The lowest BCUT2D eigenvalue weighted by atomic mass is 9.40. The summed E-state index contributed by atoms with van der Waals surface area (Å²) in [7, 11) is 0. The van der Waals surface area contributed by atoms with Crippen molar-refractivity contribution < 1.29 is 19.8 Å². The average molecular weight is 409 g/mol. The Morgan fingerprint density at radius 3 is 1.24 bits per heavy atom. The predicted molar refractivity (Wildman–Crippen MR) is 115 cm³/mol. The third kappa shape index (κ3) is 3.63. The van der Waals surface area contributed by atoms with Gasteiger partial charge < -0.3 is 20.8 Å². The summed E-state index contributed by atoms with van der Waals surface area (Å²) in [5, 5.41) is 27.9. The van der Waals surface area contributed by atoms with E-state index in [0.717, 1.165) is 0 Å². The van der Waals surface area contributed by atoms with Crippen molar-refractivity contribution in [2.45, 2.75) is 55.4 Å². The number of carbonyl (C=O) groups is 2. The molecular formula is C23H40N2O4. The van der Waals surface area contributed by atoms with Gasteiger partial charge in [-0.15, -0.1) is 0 Å². The molecular weight excluding hydrogens is 368 g/mol. The van der Waals surface area contributed by atoms with Crippen LogP contribution in [0.1, 0.15) is 55.4 Å². The summed E-state index contributed by atoms with van der Waals surface area (Å²) in [5.41, 5.74) is -3.53. The van der Waals surface area contributed by atoms with E-state index in [1.54, 1.807) is 0 Å². The molecule has 4 N–H and O–H groups in total. The molecule has 0 spiro atoms. The summed E-state index contributed by atoms with van der Waals surface area (Å²) in [4.78, 5) is 25.7. The molecule has 2 aliphatic rings. The highest BCUT2D eigenvalue weighted by Gasteiger charge is 2.69. The molecule has 2 heterocycles. The summed E-state index contributed by atoms with van der Waals surface area (Å²) in [6.07, 6.45) is 0. The van der Waals surface area contributed by atoms with E-state index in [2.05, 4.69) is 72.6 Å². The Hall–Kier alpha value is -1.40. The van der Waals surface area contributed by atoms with Crippen molar-refractivity contribution in [2.24, 2.45) is 38.9 Å². The molecule has 0 amide bonds. The molecule has 0 atom stereocenters. The van der Waals surface area contributed by atoms with Crippen molar-refractivity contribution in [2.75, 3.05) is 26.2 Å². The maximum absolute atomic E-state index is 13.4. The van der Waals surface area contributed by atoms with Gasteiger partial charge >= 0.3 is 11.9 Å². The summed E-state index contributed by atoms with van der Waals surface area (Å²) in [5.74, 6) is -3.10. The van der Waals surface area contributed by atoms with Crippen molar-refractivity contribution in [3.05, 3.63) is 12.2 Å². The first-order valence-electron chi connectivity index (χ1n) is 10.5. The maximum Gasteiger partial charge on any atom is 0.332 e. The average Bonchev–Trinajstić information content (AvgIpc) is 2.48. The van der Waals surface area contributed by atoms with Gasteiger partial charge in [-0.25, -0.2) is 4.79 Å². The molecule has 29 heavy (non-hydrogen) atoms. The predicted octanol–water partition coefficient (Wildman–Crippen LogP) is 3.24. The van der Waals surface area contributed by atoms with Gasteiger partial charge in [0.05, 0.1) is 0 Å². The first-order chi connectivity index (χ1) is 12.9. The van der Waals surface area contributed by atoms with E-state index in [1.807, 2.05) is 0 Å². The van der Waals surface area contributed by atoms with Crippen LogP contribution in [0.4, 0.5) is 0 Å². The second-order valence-electron chi connectivity index (χ2n) is 12.0. The van der Waals surface area contributed by atoms with Gasteiger partial charge in [0.25, 0.3) is 0 Å². The van der Waals surface area contributed by atoms with E-state index in [-0.39, 0.29) is 5.57 Å². The molecule has 0 radical (unpaired) electrons. The number of hydrogen-bond donors (Lipinski definition) is 4. The zero-order chi connectivity index (χ0) is 22.6. The minimum Gasteiger partial charge on any atom is -0.481 e. The topological polar surface area (TPSA) is 98.7 Å². The zero-order valence-corrected chi connectivity index (χ0v) is 19.4. The Balaban J connectivity index is 2.98. The van der Waals surface area contributed by atoms with Crippen molar-refractivity contribution in [1.82, 2.24) is 10.6 Å². The molecule has 166 valence electrons. The zero-order valence-electron chi connectivity index (χ0n) is 19.4. The van der Waals surface area contributed by atoms with E-state index >= 15 is 0 Å². The van der Waals surface area contributed by atoms with Crippen LogP contribution in [-0.4, -0.2) is 48.3 Å². The van der Waals surface area contributed by atoms with Gasteiger partial charge in [0, 0.05) is 31.8 Å². The molecule has 0 aromatic rings. The Bertz CT molecular complexity index is 636. The van der Waals surface area contributed by atoms with Crippen LogP contribution in [0, 0.1) is 38.9 Å². The van der Waals surface area contributed by atoms with Crippen molar-refractivity contribution in [3.63, 3.8) is 0 Å². The van der Waals surface area contributed by atoms with E-state index in [4.69, 9.17) is 0 Å². The highest BCUT2D eigenvalue weighted by atomic mass is 16.4. The smallest absolute Gasteiger partial charge is 0.332 e. The van der Waals surface area contributed by atoms with Gasteiger partial charge in [0.15, 0.2) is 0 Å². The SMILES string of the molecule is C=C(C(=O)O)C(C(=O)O)(C1C(C)(C)CNCC1(C)C)C1C(C)(C)CNCC1(C)C. The molecule has 0 aromatic heterocycles.